The number of carbonyl (C=O) groups is 1. The van der Waals surface area contributed by atoms with Crippen molar-refractivity contribution < 1.29 is 19.4 Å². The predicted octanol–water partition coefficient (Wildman–Crippen LogP) is 4.30. The van der Waals surface area contributed by atoms with Gasteiger partial charge in [-0.1, -0.05) is 11.6 Å². The van der Waals surface area contributed by atoms with Crippen molar-refractivity contribution in [2.75, 3.05) is 27.3 Å². The number of rotatable bonds is 6. The number of hydrogen-bond donors (Lipinski definition) is 1. The number of piperidine rings is 1. The van der Waals surface area contributed by atoms with Crippen LogP contribution >= 0.6 is 22.9 Å². The van der Waals surface area contributed by atoms with Crippen molar-refractivity contribution in [1.29, 1.82) is 0 Å². The van der Waals surface area contributed by atoms with E-state index in [0.29, 0.717) is 17.3 Å². The molecule has 1 saturated heterocycles. The largest absolute Gasteiger partial charge is 0.497 e. The third-order valence-electron chi connectivity index (χ3n) is 4.77. The smallest absolute Gasteiger partial charge is 0.307 e. The SMILES string of the molecule is COc1ccc(C(c2ccc(Cl)s2)N2CCCC(C(=O)O)C2)c(OC)c1. The van der Waals surface area contributed by atoms with E-state index in [4.69, 9.17) is 21.1 Å². The van der Waals surface area contributed by atoms with Crippen molar-refractivity contribution in [3.05, 3.63) is 45.1 Å². The zero-order chi connectivity index (χ0) is 18.7. The van der Waals surface area contributed by atoms with Gasteiger partial charge in [-0.15, -0.1) is 11.3 Å². The van der Waals surface area contributed by atoms with E-state index in [0.717, 1.165) is 34.9 Å². The third kappa shape index (κ3) is 3.98. The first-order valence-electron chi connectivity index (χ1n) is 8.47. The van der Waals surface area contributed by atoms with Crippen LogP contribution in [0.15, 0.2) is 30.3 Å². The van der Waals surface area contributed by atoms with Gasteiger partial charge < -0.3 is 14.6 Å². The highest BCUT2D eigenvalue weighted by molar-refractivity contribution is 7.16. The van der Waals surface area contributed by atoms with E-state index in [1.54, 1.807) is 14.2 Å². The van der Waals surface area contributed by atoms with Gasteiger partial charge in [0.05, 0.1) is 30.5 Å². The second kappa shape index (κ2) is 8.29. The van der Waals surface area contributed by atoms with Crippen LogP contribution in [-0.2, 0) is 4.79 Å². The minimum absolute atomic E-state index is 0.101. The molecule has 7 heteroatoms. The summed E-state index contributed by atoms with van der Waals surface area (Å²) < 4.78 is 11.6. The van der Waals surface area contributed by atoms with Gasteiger partial charge >= 0.3 is 5.97 Å². The van der Waals surface area contributed by atoms with Crippen molar-refractivity contribution >= 4 is 28.9 Å². The second-order valence-corrected chi connectivity index (χ2v) is 8.07. The molecule has 1 fully saturated rings. The normalized spacial score (nSPS) is 19.1. The van der Waals surface area contributed by atoms with Crippen LogP contribution in [-0.4, -0.2) is 43.3 Å². The lowest BCUT2D eigenvalue weighted by Gasteiger charge is -2.37. The van der Waals surface area contributed by atoms with Crippen molar-refractivity contribution in [3.8, 4) is 11.5 Å². The Balaban J connectivity index is 2.03. The Bertz CT molecular complexity index is 779. The Hall–Kier alpha value is -1.76. The molecule has 0 radical (unpaired) electrons. The quantitative estimate of drug-likeness (QED) is 0.789. The van der Waals surface area contributed by atoms with E-state index in [2.05, 4.69) is 4.90 Å². The number of carboxylic acid groups (broad SMARTS) is 1. The summed E-state index contributed by atoms with van der Waals surface area (Å²) in [6.07, 6.45) is 1.56. The number of thiophene rings is 1. The van der Waals surface area contributed by atoms with Crippen LogP contribution in [0.4, 0.5) is 0 Å². The summed E-state index contributed by atoms with van der Waals surface area (Å²) in [6.45, 7) is 1.34. The van der Waals surface area contributed by atoms with Gasteiger partial charge in [0.2, 0.25) is 0 Å². The van der Waals surface area contributed by atoms with Gasteiger partial charge in [-0.3, -0.25) is 9.69 Å². The standard InChI is InChI=1S/C19H22ClNO4S/c1-24-13-5-6-14(15(10-13)25-2)18(16-7-8-17(20)26-16)21-9-3-4-12(11-21)19(22)23/h5-8,10,12,18H,3-4,9,11H2,1-2H3,(H,22,23). The molecule has 1 N–H and O–H groups in total. The fourth-order valence-electron chi connectivity index (χ4n) is 3.49. The van der Waals surface area contributed by atoms with Crippen molar-refractivity contribution in [3.63, 3.8) is 0 Å². The fraction of sp³-hybridized carbons (Fsp3) is 0.421. The molecule has 26 heavy (non-hydrogen) atoms. The Kier molecular flexibility index (Phi) is 6.06. The maximum Gasteiger partial charge on any atom is 0.307 e. The Morgan fingerprint density at radius 3 is 2.73 bits per heavy atom. The lowest BCUT2D eigenvalue weighted by atomic mass is 9.94. The number of halogens is 1. The molecule has 2 heterocycles. The average Bonchev–Trinajstić information content (AvgIpc) is 3.08. The van der Waals surface area contributed by atoms with E-state index >= 15 is 0 Å². The number of nitrogens with zero attached hydrogens (tertiary/aromatic N) is 1. The number of carboxylic acids is 1. The molecule has 2 aromatic rings. The van der Waals surface area contributed by atoms with Crippen LogP contribution < -0.4 is 9.47 Å². The van der Waals surface area contributed by atoms with E-state index in [9.17, 15) is 9.90 Å². The molecule has 2 unspecified atom stereocenters. The number of ether oxygens (including phenoxy) is 2. The maximum absolute atomic E-state index is 11.5. The summed E-state index contributed by atoms with van der Waals surface area (Å²) in [5.41, 5.74) is 0.984. The second-order valence-electron chi connectivity index (χ2n) is 6.32. The molecular weight excluding hydrogens is 374 g/mol. The van der Waals surface area contributed by atoms with E-state index in [-0.39, 0.29) is 12.0 Å². The summed E-state index contributed by atoms with van der Waals surface area (Å²) in [7, 11) is 3.25. The van der Waals surface area contributed by atoms with Gasteiger partial charge in [-0.2, -0.15) is 0 Å². The molecule has 0 bridgehead atoms. The van der Waals surface area contributed by atoms with E-state index in [1.807, 2.05) is 30.3 Å². The van der Waals surface area contributed by atoms with Crippen molar-refractivity contribution in [2.45, 2.75) is 18.9 Å². The van der Waals surface area contributed by atoms with Crippen molar-refractivity contribution in [1.82, 2.24) is 4.90 Å². The highest BCUT2D eigenvalue weighted by atomic mass is 35.5. The third-order valence-corrected chi connectivity index (χ3v) is 6.05. The van der Waals surface area contributed by atoms with Gasteiger partial charge in [0.15, 0.2) is 0 Å². The molecule has 0 saturated carbocycles. The van der Waals surface area contributed by atoms with Gasteiger partial charge in [-0.05, 0) is 43.7 Å². The number of likely N-dealkylation sites (tertiary alicyclic amines) is 1. The first kappa shape index (κ1) is 19.0. The predicted molar refractivity (Wildman–Crippen MR) is 103 cm³/mol. The monoisotopic (exact) mass is 395 g/mol. The number of methoxy groups -OCH3 is 2. The van der Waals surface area contributed by atoms with Gasteiger partial charge in [0.25, 0.3) is 0 Å². The summed E-state index contributed by atoms with van der Waals surface area (Å²) in [5, 5.41) is 9.47. The zero-order valence-corrected chi connectivity index (χ0v) is 16.3. The summed E-state index contributed by atoms with van der Waals surface area (Å²) in [6, 6.07) is 9.53. The molecule has 2 atom stereocenters. The van der Waals surface area contributed by atoms with E-state index < -0.39 is 5.97 Å². The molecule has 1 aromatic carbocycles. The van der Waals surface area contributed by atoms with Gasteiger partial charge in [0.1, 0.15) is 11.5 Å². The van der Waals surface area contributed by atoms with Crippen LogP contribution in [0.5, 0.6) is 11.5 Å². The topological polar surface area (TPSA) is 59.0 Å². The minimum atomic E-state index is -0.737. The molecule has 140 valence electrons. The first-order chi connectivity index (χ1) is 12.5. The molecule has 0 amide bonds. The highest BCUT2D eigenvalue weighted by Crippen LogP contribution is 2.41. The Labute approximate surface area is 162 Å². The fourth-order valence-corrected chi connectivity index (χ4v) is 4.71. The minimum Gasteiger partial charge on any atom is -0.497 e. The molecular formula is C19H22ClNO4S. The van der Waals surface area contributed by atoms with Crippen LogP contribution in [0.3, 0.4) is 0 Å². The van der Waals surface area contributed by atoms with Crippen molar-refractivity contribution in [2.24, 2.45) is 5.92 Å². The summed E-state index contributed by atoms with van der Waals surface area (Å²) >= 11 is 7.70. The lowest BCUT2D eigenvalue weighted by Crippen LogP contribution is -2.41. The molecule has 1 aliphatic rings. The van der Waals surface area contributed by atoms with Crippen LogP contribution in [0.1, 0.15) is 29.3 Å². The highest BCUT2D eigenvalue weighted by Gasteiger charge is 2.33. The van der Waals surface area contributed by atoms with Gasteiger partial charge in [0, 0.05) is 23.1 Å². The number of aliphatic carboxylic acids is 1. The van der Waals surface area contributed by atoms with Crippen LogP contribution in [0, 0.1) is 5.92 Å². The van der Waals surface area contributed by atoms with Crippen LogP contribution in [0.25, 0.3) is 0 Å². The lowest BCUT2D eigenvalue weighted by molar-refractivity contribution is -0.143. The van der Waals surface area contributed by atoms with E-state index in [1.165, 1.54) is 11.3 Å². The molecule has 3 rings (SSSR count). The maximum atomic E-state index is 11.5. The number of benzene rings is 1. The summed E-state index contributed by atoms with van der Waals surface area (Å²) in [5.74, 6) is 0.345. The Morgan fingerprint density at radius 1 is 1.31 bits per heavy atom. The summed E-state index contributed by atoms with van der Waals surface area (Å²) in [4.78, 5) is 14.8. The average molecular weight is 396 g/mol. The van der Waals surface area contributed by atoms with Gasteiger partial charge in [-0.25, -0.2) is 0 Å². The molecule has 1 aliphatic heterocycles. The van der Waals surface area contributed by atoms with Crippen LogP contribution in [0.2, 0.25) is 4.34 Å². The molecule has 0 spiro atoms. The first-order valence-corrected chi connectivity index (χ1v) is 9.67. The molecule has 5 nitrogen and oxygen atoms in total. The number of hydrogen-bond acceptors (Lipinski definition) is 5. The Morgan fingerprint density at radius 2 is 2.12 bits per heavy atom. The molecule has 1 aromatic heterocycles. The molecule has 0 aliphatic carbocycles. The zero-order valence-electron chi connectivity index (χ0n) is 14.8.